The van der Waals surface area contributed by atoms with E-state index in [-0.39, 0.29) is 11.3 Å². The van der Waals surface area contributed by atoms with Gasteiger partial charge in [0.2, 0.25) is 0 Å². The number of hydrogen-bond donors (Lipinski definition) is 0. The molecule has 6 heteroatoms. The molecule has 0 N–H and O–H groups in total. The molecule has 2 heterocycles. The third-order valence-electron chi connectivity index (χ3n) is 3.02. The number of hydrogen-bond acceptors (Lipinski definition) is 6. The number of carbonyl (C=O) groups excluding carboxylic acids is 1. The van der Waals surface area contributed by atoms with Gasteiger partial charge in [-0.2, -0.15) is 0 Å². The zero-order valence-electron chi connectivity index (χ0n) is 11.6. The molecule has 0 spiro atoms. The Bertz CT molecular complexity index is 909. The van der Waals surface area contributed by atoms with Crippen molar-refractivity contribution < 1.29 is 14.0 Å². The fourth-order valence-corrected chi connectivity index (χ4v) is 2.51. The standard InChI is InChI=1S/C16H11NO4S/c1-10(17-21-16(19)14-7-4-8-22-14)12-9-11-5-2-3-6-13(11)20-15(12)18/h2-9H,1H3. The van der Waals surface area contributed by atoms with Gasteiger partial charge >= 0.3 is 11.6 Å². The topological polar surface area (TPSA) is 68.9 Å². The molecule has 2 aromatic heterocycles. The molecular weight excluding hydrogens is 302 g/mol. The highest BCUT2D eigenvalue weighted by Gasteiger charge is 2.11. The van der Waals surface area contributed by atoms with Gasteiger partial charge in [0.25, 0.3) is 0 Å². The fourth-order valence-electron chi connectivity index (χ4n) is 1.91. The van der Waals surface area contributed by atoms with E-state index in [1.807, 2.05) is 12.1 Å². The normalized spacial score (nSPS) is 11.6. The van der Waals surface area contributed by atoms with Gasteiger partial charge in [0.1, 0.15) is 10.5 Å². The molecule has 0 aliphatic heterocycles. The molecule has 0 radical (unpaired) electrons. The molecule has 3 aromatic rings. The second-order valence-electron chi connectivity index (χ2n) is 4.52. The molecule has 0 saturated carbocycles. The Morgan fingerprint density at radius 3 is 2.82 bits per heavy atom. The lowest BCUT2D eigenvalue weighted by atomic mass is 10.1. The summed E-state index contributed by atoms with van der Waals surface area (Å²) in [6.07, 6.45) is 0. The minimum absolute atomic E-state index is 0.262. The van der Waals surface area contributed by atoms with Gasteiger partial charge in [0.15, 0.2) is 0 Å². The molecule has 0 unspecified atom stereocenters. The quantitative estimate of drug-likeness (QED) is 0.321. The van der Waals surface area contributed by atoms with Gasteiger partial charge < -0.3 is 9.25 Å². The van der Waals surface area contributed by atoms with Gasteiger partial charge in [0, 0.05) is 5.39 Å². The van der Waals surface area contributed by atoms with Crippen molar-refractivity contribution in [3.8, 4) is 0 Å². The maximum Gasteiger partial charge on any atom is 0.375 e. The van der Waals surface area contributed by atoms with E-state index in [0.29, 0.717) is 10.5 Å². The number of fused-ring (bicyclic) bond motifs is 1. The molecule has 0 amide bonds. The van der Waals surface area contributed by atoms with Crippen LogP contribution >= 0.6 is 11.3 Å². The van der Waals surface area contributed by atoms with Gasteiger partial charge in [-0.15, -0.1) is 11.3 Å². The molecule has 110 valence electrons. The molecule has 0 aliphatic carbocycles. The summed E-state index contributed by atoms with van der Waals surface area (Å²) >= 11 is 1.26. The minimum atomic E-state index is -0.556. The van der Waals surface area contributed by atoms with E-state index in [4.69, 9.17) is 9.25 Å². The van der Waals surface area contributed by atoms with Crippen LogP contribution in [-0.2, 0) is 4.84 Å². The summed E-state index contributed by atoms with van der Waals surface area (Å²) in [6, 6.07) is 12.2. The van der Waals surface area contributed by atoms with Crippen LogP contribution in [0.25, 0.3) is 11.0 Å². The van der Waals surface area contributed by atoms with Crippen molar-refractivity contribution in [3.05, 3.63) is 68.7 Å². The highest BCUT2D eigenvalue weighted by atomic mass is 32.1. The number of carbonyl (C=O) groups is 1. The maximum atomic E-state index is 12.0. The Morgan fingerprint density at radius 1 is 1.23 bits per heavy atom. The van der Waals surface area contributed by atoms with E-state index < -0.39 is 11.6 Å². The number of rotatable bonds is 3. The van der Waals surface area contributed by atoms with Crippen LogP contribution in [0.3, 0.4) is 0 Å². The summed E-state index contributed by atoms with van der Waals surface area (Å²) in [5.41, 5.74) is 0.522. The largest absolute Gasteiger partial charge is 0.422 e. The lowest BCUT2D eigenvalue weighted by Crippen LogP contribution is -2.13. The summed E-state index contributed by atoms with van der Waals surface area (Å²) in [7, 11) is 0. The van der Waals surface area contributed by atoms with Gasteiger partial charge in [-0.05, 0) is 30.5 Å². The highest BCUT2D eigenvalue weighted by molar-refractivity contribution is 7.11. The highest BCUT2D eigenvalue weighted by Crippen LogP contribution is 2.14. The molecule has 5 nitrogen and oxygen atoms in total. The maximum absolute atomic E-state index is 12.0. The monoisotopic (exact) mass is 313 g/mol. The molecule has 1 aromatic carbocycles. The van der Waals surface area contributed by atoms with Crippen molar-refractivity contribution in [2.75, 3.05) is 0 Å². The first kappa shape index (κ1) is 14.2. The lowest BCUT2D eigenvalue weighted by Gasteiger charge is -2.01. The first-order chi connectivity index (χ1) is 10.6. The van der Waals surface area contributed by atoms with Crippen LogP contribution in [0, 0.1) is 0 Å². The summed E-state index contributed by atoms with van der Waals surface area (Å²) in [5, 5.41) is 6.27. The van der Waals surface area contributed by atoms with Gasteiger partial charge in [-0.1, -0.05) is 29.4 Å². The average molecular weight is 313 g/mol. The second kappa shape index (κ2) is 5.95. The van der Waals surface area contributed by atoms with E-state index in [9.17, 15) is 9.59 Å². The molecule has 0 aliphatic rings. The zero-order chi connectivity index (χ0) is 15.5. The van der Waals surface area contributed by atoms with Crippen molar-refractivity contribution in [1.82, 2.24) is 0 Å². The number of benzene rings is 1. The van der Waals surface area contributed by atoms with Crippen LogP contribution in [-0.4, -0.2) is 11.7 Å². The van der Waals surface area contributed by atoms with Crippen LogP contribution in [0.4, 0.5) is 0 Å². The van der Waals surface area contributed by atoms with Gasteiger partial charge in [-0.25, -0.2) is 9.59 Å². The molecule has 0 fully saturated rings. The van der Waals surface area contributed by atoms with Crippen molar-refractivity contribution in [2.45, 2.75) is 6.92 Å². The summed E-state index contributed by atoms with van der Waals surface area (Å²) in [4.78, 5) is 29.0. The molecule has 0 bridgehead atoms. The van der Waals surface area contributed by atoms with Gasteiger partial charge in [-0.3, -0.25) is 0 Å². The van der Waals surface area contributed by atoms with E-state index in [1.165, 1.54) is 11.3 Å². The Kier molecular flexibility index (Phi) is 3.84. The Morgan fingerprint density at radius 2 is 2.05 bits per heavy atom. The van der Waals surface area contributed by atoms with Gasteiger partial charge in [0.05, 0.1) is 11.3 Å². The average Bonchev–Trinajstić information content (AvgIpc) is 3.06. The fraction of sp³-hybridized carbons (Fsp3) is 0.0625. The van der Waals surface area contributed by atoms with E-state index in [0.717, 1.165) is 5.39 Å². The SMILES string of the molecule is CC(=NOC(=O)c1cccs1)c1cc2ccccc2oc1=O. The third-order valence-corrected chi connectivity index (χ3v) is 3.87. The van der Waals surface area contributed by atoms with Crippen molar-refractivity contribution in [1.29, 1.82) is 0 Å². The van der Waals surface area contributed by atoms with E-state index in [2.05, 4.69) is 5.16 Å². The van der Waals surface area contributed by atoms with E-state index in [1.54, 1.807) is 42.6 Å². The molecular formula is C16H11NO4S. The van der Waals surface area contributed by atoms with Crippen LogP contribution in [0.15, 0.2) is 62.2 Å². The number of nitrogens with zero attached hydrogens (tertiary/aromatic N) is 1. The summed E-state index contributed by atoms with van der Waals surface area (Å²) in [5.74, 6) is -0.556. The van der Waals surface area contributed by atoms with Crippen LogP contribution in [0.5, 0.6) is 0 Å². The summed E-state index contributed by atoms with van der Waals surface area (Å²) in [6.45, 7) is 1.59. The van der Waals surface area contributed by atoms with Crippen molar-refractivity contribution in [3.63, 3.8) is 0 Å². The third kappa shape index (κ3) is 2.82. The first-order valence-electron chi connectivity index (χ1n) is 6.48. The van der Waals surface area contributed by atoms with Crippen LogP contribution in [0.2, 0.25) is 0 Å². The number of oxime groups is 1. The Labute approximate surface area is 129 Å². The molecule has 0 saturated heterocycles. The van der Waals surface area contributed by atoms with Crippen LogP contribution in [0.1, 0.15) is 22.2 Å². The zero-order valence-corrected chi connectivity index (χ0v) is 12.4. The molecule has 3 rings (SSSR count). The first-order valence-corrected chi connectivity index (χ1v) is 7.36. The Hall–Kier alpha value is -2.73. The number of para-hydroxylation sites is 1. The predicted molar refractivity (Wildman–Crippen MR) is 84.4 cm³/mol. The van der Waals surface area contributed by atoms with E-state index >= 15 is 0 Å². The van der Waals surface area contributed by atoms with Crippen molar-refractivity contribution in [2.24, 2.45) is 5.16 Å². The minimum Gasteiger partial charge on any atom is -0.422 e. The Balaban J connectivity index is 1.89. The molecule has 0 atom stereocenters. The van der Waals surface area contributed by atoms with Crippen molar-refractivity contribution >= 4 is 34.0 Å². The predicted octanol–water partition coefficient (Wildman–Crippen LogP) is 3.44. The second-order valence-corrected chi connectivity index (χ2v) is 5.47. The van der Waals surface area contributed by atoms with Crippen LogP contribution < -0.4 is 5.63 Å². The summed E-state index contributed by atoms with van der Waals surface area (Å²) < 4.78 is 5.22. The molecule has 22 heavy (non-hydrogen) atoms. The smallest absolute Gasteiger partial charge is 0.375 e. The number of thiophene rings is 1. The lowest BCUT2D eigenvalue weighted by molar-refractivity contribution is 0.0522.